The Labute approximate surface area is 65.6 Å². The summed E-state index contributed by atoms with van der Waals surface area (Å²) in [6.45, 7) is 0. The van der Waals surface area contributed by atoms with Gasteiger partial charge in [-0.15, -0.1) is 0 Å². The van der Waals surface area contributed by atoms with E-state index in [0.717, 1.165) is 0 Å². The van der Waals surface area contributed by atoms with Crippen LogP contribution in [0.3, 0.4) is 0 Å². The molecule has 4 heteroatoms. The van der Waals surface area contributed by atoms with Crippen LogP contribution in [0.2, 0.25) is 0 Å². The average Bonchev–Trinajstić information content (AvgIpc) is 2.04. The van der Waals surface area contributed by atoms with E-state index in [0.29, 0.717) is 0 Å². The number of hydrogen-bond donors (Lipinski definition) is 0. The third kappa shape index (κ3) is 1.65. The molecule has 0 N–H and O–H groups in total. The molecule has 0 aromatic heterocycles. The lowest BCUT2D eigenvalue weighted by molar-refractivity contribution is 0.563. The molecule has 0 saturated heterocycles. The zero-order valence-electron chi connectivity index (χ0n) is 5.57. The van der Waals surface area contributed by atoms with Crippen LogP contribution in [-0.4, -0.2) is 19.6 Å². The van der Waals surface area contributed by atoms with Crippen LogP contribution in [0.15, 0.2) is 23.8 Å². The third-order valence-electron chi connectivity index (χ3n) is 1.31. The summed E-state index contributed by atoms with van der Waals surface area (Å²) in [5.74, 6) is 0. The van der Waals surface area contributed by atoms with Crippen LogP contribution in [0.25, 0.3) is 0 Å². The van der Waals surface area contributed by atoms with E-state index in [1.54, 1.807) is 18.4 Å². The topological polar surface area (TPSA) is 51.2 Å². The Morgan fingerprint density at radius 2 is 2.18 bits per heavy atom. The Kier molecular flexibility index (Phi) is 2.38. The van der Waals surface area contributed by atoms with Crippen LogP contribution in [0.1, 0.15) is 6.42 Å². The summed E-state index contributed by atoms with van der Waals surface area (Å²) in [5.41, 5.74) is 0.126. The quantitative estimate of drug-likeness (QED) is 0.520. The molecule has 0 aliphatic heterocycles. The van der Waals surface area contributed by atoms with Gasteiger partial charge in [0.05, 0.1) is 4.86 Å². The van der Waals surface area contributed by atoms with Crippen LogP contribution < -0.4 is 0 Å². The molecule has 1 aliphatic carbocycles. The Balaban J connectivity index is 3.24. The molecule has 0 spiro atoms. The molecular weight excluding hydrogens is 164 g/mol. The lowest BCUT2D eigenvalue weighted by Gasteiger charge is -1.99. The van der Waals surface area contributed by atoms with Gasteiger partial charge in [0.15, 0.2) is 0 Å². The first-order valence-corrected chi connectivity index (χ1v) is 4.03. The largest absolute Gasteiger partial charge is 0.285 e. The van der Waals surface area contributed by atoms with E-state index < -0.39 is 10.3 Å². The van der Waals surface area contributed by atoms with Gasteiger partial charge in [-0.25, -0.2) is 0 Å². The third-order valence-corrected chi connectivity index (χ3v) is 2.10. The number of carbonyl (C=O) groups excluding carboxylic acids is 1. The fourth-order valence-electron chi connectivity index (χ4n) is 0.791. The summed E-state index contributed by atoms with van der Waals surface area (Å²) in [4.78, 5) is 10.3. The summed E-state index contributed by atoms with van der Waals surface area (Å²) >= 11 is 0. The van der Waals surface area contributed by atoms with Gasteiger partial charge in [-0.05, 0) is 6.08 Å². The maximum absolute atomic E-state index is 10.4. The molecular formula is C7H5O3S. The first-order chi connectivity index (χ1) is 5.25. The van der Waals surface area contributed by atoms with Crippen LogP contribution in [0.4, 0.5) is 0 Å². The van der Waals surface area contributed by atoms with E-state index in [-0.39, 0.29) is 16.9 Å². The standard InChI is InChI=1S/C7H5O3S/c8-5-6-3-1-2-4-7(6)11(9)10/h1-3H,4H2. The highest BCUT2D eigenvalue weighted by atomic mass is 32.2. The molecule has 0 fully saturated rings. The monoisotopic (exact) mass is 169 g/mol. The van der Waals surface area contributed by atoms with Gasteiger partial charge in [-0.1, -0.05) is 12.2 Å². The maximum Gasteiger partial charge on any atom is 0.234 e. The summed E-state index contributed by atoms with van der Waals surface area (Å²) < 4.78 is 20.9. The molecule has 0 aromatic rings. The van der Waals surface area contributed by atoms with Gasteiger partial charge in [0.2, 0.25) is 16.6 Å². The molecule has 57 valence electrons. The summed E-state index contributed by atoms with van der Waals surface area (Å²) in [7, 11) is -2.30. The van der Waals surface area contributed by atoms with Crippen LogP contribution in [0, 0.1) is 0 Å². The molecule has 1 aliphatic rings. The van der Waals surface area contributed by atoms with Gasteiger partial charge >= 0.3 is 0 Å². The Bertz CT molecular complexity index is 349. The zero-order chi connectivity index (χ0) is 8.27. The molecule has 1 radical (unpaired) electrons. The van der Waals surface area contributed by atoms with Gasteiger partial charge in [0.1, 0.15) is 0 Å². The minimum absolute atomic E-state index is 0.113. The highest BCUT2D eigenvalue weighted by Gasteiger charge is 2.09. The lowest BCUT2D eigenvalue weighted by atomic mass is 10.1. The lowest BCUT2D eigenvalue weighted by Crippen LogP contribution is -2.06. The van der Waals surface area contributed by atoms with Gasteiger partial charge in [-0.3, -0.25) is 4.79 Å². The van der Waals surface area contributed by atoms with Gasteiger partial charge < -0.3 is 0 Å². The van der Waals surface area contributed by atoms with Crippen molar-refractivity contribution in [3.8, 4) is 0 Å². The second-order valence-electron chi connectivity index (χ2n) is 1.97. The number of hydrogen-bond acceptors (Lipinski definition) is 3. The first kappa shape index (κ1) is 7.94. The smallest absolute Gasteiger partial charge is 0.234 e. The van der Waals surface area contributed by atoms with Crippen molar-refractivity contribution < 1.29 is 13.2 Å². The molecule has 0 bridgehead atoms. The molecule has 11 heavy (non-hydrogen) atoms. The predicted octanol–water partition coefficient (Wildman–Crippen LogP) is 0.0339. The minimum atomic E-state index is -2.30. The van der Waals surface area contributed by atoms with Crippen molar-refractivity contribution in [2.75, 3.05) is 0 Å². The highest BCUT2D eigenvalue weighted by molar-refractivity contribution is 7.73. The fraction of sp³-hybridized carbons (Fsp3) is 0.143. The van der Waals surface area contributed by atoms with E-state index in [2.05, 4.69) is 0 Å². The summed E-state index contributed by atoms with van der Waals surface area (Å²) in [5, 5.41) is 0. The molecule has 3 nitrogen and oxygen atoms in total. The van der Waals surface area contributed by atoms with E-state index >= 15 is 0 Å². The van der Waals surface area contributed by atoms with Crippen molar-refractivity contribution in [1.29, 1.82) is 0 Å². The first-order valence-electron chi connectivity index (χ1n) is 2.96. The van der Waals surface area contributed by atoms with E-state index in [1.807, 2.05) is 0 Å². The molecule has 0 saturated carbocycles. The van der Waals surface area contributed by atoms with Crippen LogP contribution in [0.5, 0.6) is 0 Å². The summed E-state index contributed by atoms with van der Waals surface area (Å²) in [6.07, 6.45) is 6.59. The minimum Gasteiger partial charge on any atom is -0.285 e. The predicted molar refractivity (Wildman–Crippen MR) is 41.5 cm³/mol. The van der Waals surface area contributed by atoms with E-state index in [1.165, 1.54) is 6.08 Å². The normalized spacial score (nSPS) is 16.0. The molecule has 0 aromatic carbocycles. The van der Waals surface area contributed by atoms with Crippen molar-refractivity contribution in [1.82, 2.24) is 0 Å². The number of allylic oxidation sites excluding steroid dienone is 4. The maximum atomic E-state index is 10.4. The van der Waals surface area contributed by atoms with Crippen molar-refractivity contribution in [3.05, 3.63) is 23.8 Å². The van der Waals surface area contributed by atoms with Crippen LogP contribution >= 0.6 is 0 Å². The second-order valence-corrected chi connectivity index (χ2v) is 2.93. The Morgan fingerprint density at radius 1 is 1.45 bits per heavy atom. The molecule has 1 rings (SSSR count). The van der Waals surface area contributed by atoms with Gasteiger partial charge in [0, 0.05) is 12.0 Å². The molecule has 0 heterocycles. The summed E-state index contributed by atoms with van der Waals surface area (Å²) in [6, 6.07) is 0. The average molecular weight is 169 g/mol. The number of rotatable bonds is 1. The fourth-order valence-corrected chi connectivity index (χ4v) is 1.31. The van der Waals surface area contributed by atoms with E-state index in [4.69, 9.17) is 0 Å². The Morgan fingerprint density at radius 3 is 2.64 bits per heavy atom. The molecule has 0 unspecified atom stereocenters. The zero-order valence-corrected chi connectivity index (χ0v) is 6.39. The van der Waals surface area contributed by atoms with Crippen molar-refractivity contribution in [2.24, 2.45) is 0 Å². The molecule has 0 atom stereocenters. The molecule has 0 amide bonds. The van der Waals surface area contributed by atoms with Crippen LogP contribution in [-0.2, 0) is 15.1 Å². The van der Waals surface area contributed by atoms with Crippen molar-refractivity contribution >= 4 is 21.4 Å². The van der Waals surface area contributed by atoms with Gasteiger partial charge in [-0.2, -0.15) is 8.42 Å². The van der Waals surface area contributed by atoms with Crippen molar-refractivity contribution in [3.63, 3.8) is 0 Å². The SMILES string of the molecule is O=[C]C1=CC=CCC1=S(=O)=O. The van der Waals surface area contributed by atoms with E-state index in [9.17, 15) is 13.2 Å². The highest BCUT2D eigenvalue weighted by Crippen LogP contribution is 2.05. The second kappa shape index (κ2) is 3.30. The van der Waals surface area contributed by atoms with Crippen molar-refractivity contribution in [2.45, 2.75) is 6.42 Å². The van der Waals surface area contributed by atoms with Gasteiger partial charge in [0.25, 0.3) is 0 Å². The Hall–Kier alpha value is -1.16.